The number of hydrogen-bond donors (Lipinski definition) is 1. The number of nitrogens with zero attached hydrogens (tertiary/aromatic N) is 5. The van der Waals surface area contributed by atoms with E-state index >= 15 is 0 Å². The number of aromatic nitrogens is 5. The van der Waals surface area contributed by atoms with Crippen LogP contribution >= 0.6 is 15.9 Å². The minimum absolute atomic E-state index is 0.162. The Morgan fingerprint density at radius 1 is 1.27 bits per heavy atom. The molecule has 0 aliphatic rings. The van der Waals surface area contributed by atoms with Gasteiger partial charge in [0.2, 0.25) is 5.43 Å². The van der Waals surface area contributed by atoms with Crippen LogP contribution in [0.4, 0.5) is 5.95 Å². The van der Waals surface area contributed by atoms with Gasteiger partial charge in [0.25, 0.3) is 5.95 Å². The van der Waals surface area contributed by atoms with Crippen molar-refractivity contribution in [3.05, 3.63) is 62.5 Å². The molecular weight excluding hydrogens is 448 g/mol. The van der Waals surface area contributed by atoms with Gasteiger partial charge in [-0.25, -0.2) is 9.98 Å². The van der Waals surface area contributed by atoms with E-state index in [1.807, 2.05) is 42.7 Å². The highest BCUT2D eigenvalue weighted by molar-refractivity contribution is 9.10. The first-order valence-electron chi connectivity index (χ1n) is 9.31. The van der Waals surface area contributed by atoms with Crippen molar-refractivity contribution in [1.82, 2.24) is 24.7 Å². The third-order valence-corrected chi connectivity index (χ3v) is 5.49. The summed E-state index contributed by atoms with van der Waals surface area (Å²) in [6, 6.07) is 9.26. The molecule has 9 heteroatoms. The number of H-pyrrole nitrogens is 1. The summed E-state index contributed by atoms with van der Waals surface area (Å²) < 4.78 is 7.86. The van der Waals surface area contributed by atoms with Crippen molar-refractivity contribution in [3.8, 4) is 17.1 Å². The molecule has 0 saturated heterocycles. The monoisotopic (exact) mass is 466 g/mol. The number of rotatable bonds is 5. The zero-order valence-electron chi connectivity index (χ0n) is 16.7. The highest BCUT2D eigenvalue weighted by atomic mass is 79.9. The summed E-state index contributed by atoms with van der Waals surface area (Å²) in [5.74, 6) is 1.38. The smallest absolute Gasteiger partial charge is 0.268 e. The minimum Gasteiger partial charge on any atom is -0.497 e. The SMILES string of the molecule is CCn1cc(-c2nc(/N=C/c3ccc(OC)cc3)n[nH]2)c(=O)c2cc(Br)c(C)nc21. The molecule has 8 nitrogen and oxygen atoms in total. The van der Waals surface area contributed by atoms with Gasteiger partial charge < -0.3 is 9.30 Å². The van der Waals surface area contributed by atoms with Crippen molar-refractivity contribution in [2.45, 2.75) is 20.4 Å². The molecule has 1 N–H and O–H groups in total. The molecule has 0 atom stereocenters. The molecule has 0 bridgehead atoms. The molecule has 0 fully saturated rings. The molecular formula is C21H19BrN6O2. The first kappa shape index (κ1) is 20.0. The van der Waals surface area contributed by atoms with Gasteiger partial charge in [-0.3, -0.25) is 9.89 Å². The number of hydrogen-bond acceptors (Lipinski definition) is 6. The fourth-order valence-electron chi connectivity index (χ4n) is 3.04. The number of fused-ring (bicyclic) bond motifs is 1. The van der Waals surface area contributed by atoms with Gasteiger partial charge in [0.1, 0.15) is 11.4 Å². The molecule has 0 amide bonds. The average molecular weight is 467 g/mol. The van der Waals surface area contributed by atoms with Crippen molar-refractivity contribution >= 4 is 39.1 Å². The van der Waals surface area contributed by atoms with Crippen molar-refractivity contribution in [2.24, 2.45) is 4.99 Å². The quantitative estimate of drug-likeness (QED) is 0.447. The lowest BCUT2D eigenvalue weighted by atomic mass is 10.1. The van der Waals surface area contributed by atoms with Gasteiger partial charge in [-0.05, 0) is 65.7 Å². The summed E-state index contributed by atoms with van der Waals surface area (Å²) in [7, 11) is 1.62. The van der Waals surface area contributed by atoms with Gasteiger partial charge in [-0.15, -0.1) is 5.10 Å². The summed E-state index contributed by atoms with van der Waals surface area (Å²) in [4.78, 5) is 26.3. The fourth-order valence-corrected chi connectivity index (χ4v) is 3.36. The van der Waals surface area contributed by atoms with Crippen LogP contribution in [0.2, 0.25) is 0 Å². The number of methoxy groups -OCH3 is 1. The van der Waals surface area contributed by atoms with E-state index in [2.05, 4.69) is 41.1 Å². The minimum atomic E-state index is -0.162. The molecule has 4 aromatic rings. The molecule has 0 aliphatic heterocycles. The maximum atomic E-state index is 13.1. The van der Waals surface area contributed by atoms with Crippen LogP contribution in [0.5, 0.6) is 5.75 Å². The van der Waals surface area contributed by atoms with Crippen LogP contribution in [-0.2, 0) is 6.54 Å². The lowest BCUT2D eigenvalue weighted by Gasteiger charge is -2.11. The Morgan fingerprint density at radius 2 is 2.03 bits per heavy atom. The van der Waals surface area contributed by atoms with E-state index in [-0.39, 0.29) is 11.4 Å². The zero-order chi connectivity index (χ0) is 21.3. The maximum absolute atomic E-state index is 13.1. The maximum Gasteiger partial charge on any atom is 0.268 e. The second-order valence-corrected chi connectivity index (χ2v) is 7.45. The van der Waals surface area contributed by atoms with E-state index in [0.29, 0.717) is 29.0 Å². The largest absolute Gasteiger partial charge is 0.497 e. The number of nitrogens with one attached hydrogen (secondary N) is 1. The summed E-state index contributed by atoms with van der Waals surface area (Å²) in [5, 5.41) is 7.46. The Morgan fingerprint density at radius 3 is 2.73 bits per heavy atom. The van der Waals surface area contributed by atoms with E-state index in [4.69, 9.17) is 4.74 Å². The number of benzene rings is 1. The Balaban J connectivity index is 1.72. The molecule has 0 unspecified atom stereocenters. The predicted octanol–water partition coefficient (Wildman–Crippen LogP) is 4.03. The Hall–Kier alpha value is -3.33. The third kappa shape index (κ3) is 3.76. The van der Waals surface area contributed by atoms with Crippen molar-refractivity contribution in [3.63, 3.8) is 0 Å². The molecule has 30 heavy (non-hydrogen) atoms. The predicted molar refractivity (Wildman–Crippen MR) is 120 cm³/mol. The van der Waals surface area contributed by atoms with Gasteiger partial charge in [0.15, 0.2) is 5.82 Å². The van der Waals surface area contributed by atoms with E-state index < -0.39 is 0 Å². The van der Waals surface area contributed by atoms with E-state index in [0.717, 1.165) is 21.5 Å². The molecule has 152 valence electrons. The van der Waals surface area contributed by atoms with Crippen LogP contribution < -0.4 is 10.2 Å². The fraction of sp³-hybridized carbons (Fsp3) is 0.190. The Labute approximate surface area is 180 Å². The van der Waals surface area contributed by atoms with Crippen LogP contribution in [-0.4, -0.2) is 38.1 Å². The molecule has 3 heterocycles. The normalized spacial score (nSPS) is 11.5. The first-order chi connectivity index (χ1) is 14.5. The number of ether oxygens (including phenoxy) is 1. The van der Waals surface area contributed by atoms with Gasteiger partial charge in [-0.2, -0.15) is 4.98 Å². The molecule has 0 radical (unpaired) electrons. The van der Waals surface area contributed by atoms with Gasteiger partial charge in [-0.1, -0.05) is 0 Å². The van der Waals surface area contributed by atoms with Crippen molar-refractivity contribution in [1.29, 1.82) is 0 Å². The first-order valence-corrected chi connectivity index (χ1v) is 10.1. The van der Waals surface area contributed by atoms with Crippen LogP contribution in [0.15, 0.2) is 50.8 Å². The molecule has 3 aromatic heterocycles. The summed E-state index contributed by atoms with van der Waals surface area (Å²) >= 11 is 3.46. The van der Waals surface area contributed by atoms with E-state index in [1.54, 1.807) is 25.6 Å². The second-order valence-electron chi connectivity index (χ2n) is 6.60. The average Bonchev–Trinajstić information content (AvgIpc) is 3.23. The molecule has 0 aliphatic carbocycles. The zero-order valence-corrected chi connectivity index (χ0v) is 18.3. The van der Waals surface area contributed by atoms with Crippen LogP contribution in [0.1, 0.15) is 18.2 Å². The number of halogens is 1. The van der Waals surface area contributed by atoms with Gasteiger partial charge in [0.05, 0.1) is 23.8 Å². The number of aliphatic imine (C=N–C) groups is 1. The standard InChI is InChI=1S/C21H19BrN6O2/c1-4-28-11-16(18(29)15-9-17(22)12(2)24-20(15)28)19-25-21(27-26-19)23-10-13-5-7-14(30-3)8-6-13/h5-11H,4H2,1-3H3,(H,25,26,27)/b23-10+. The molecule has 0 spiro atoms. The number of aryl methyl sites for hydroxylation is 2. The van der Waals surface area contributed by atoms with Crippen LogP contribution in [0.3, 0.4) is 0 Å². The molecule has 4 rings (SSSR count). The summed E-state index contributed by atoms with van der Waals surface area (Å²) in [6.45, 7) is 4.55. The molecule has 0 saturated carbocycles. The number of pyridine rings is 2. The molecule has 1 aromatic carbocycles. The third-order valence-electron chi connectivity index (χ3n) is 4.69. The van der Waals surface area contributed by atoms with Crippen LogP contribution in [0, 0.1) is 6.92 Å². The van der Waals surface area contributed by atoms with Crippen molar-refractivity contribution < 1.29 is 4.74 Å². The van der Waals surface area contributed by atoms with E-state index in [9.17, 15) is 4.79 Å². The number of aromatic amines is 1. The Bertz CT molecular complexity index is 1310. The lowest BCUT2D eigenvalue weighted by molar-refractivity contribution is 0.415. The lowest BCUT2D eigenvalue weighted by Crippen LogP contribution is -2.14. The van der Waals surface area contributed by atoms with Gasteiger partial charge in [0, 0.05) is 23.4 Å². The Kier molecular flexibility index (Phi) is 5.45. The topological polar surface area (TPSA) is 98.0 Å². The highest BCUT2D eigenvalue weighted by Gasteiger charge is 2.16. The summed E-state index contributed by atoms with van der Waals surface area (Å²) in [5.41, 5.74) is 2.61. The second kappa shape index (κ2) is 8.19. The van der Waals surface area contributed by atoms with Gasteiger partial charge >= 0.3 is 0 Å². The highest BCUT2D eigenvalue weighted by Crippen LogP contribution is 2.22. The van der Waals surface area contributed by atoms with E-state index in [1.165, 1.54) is 0 Å². The van der Waals surface area contributed by atoms with Crippen molar-refractivity contribution in [2.75, 3.05) is 7.11 Å². The summed E-state index contributed by atoms with van der Waals surface area (Å²) in [6.07, 6.45) is 3.41. The van der Waals surface area contributed by atoms with Crippen LogP contribution in [0.25, 0.3) is 22.4 Å².